The first-order valence-electron chi connectivity index (χ1n) is 5.00. The van der Waals surface area contributed by atoms with E-state index in [4.69, 9.17) is 4.74 Å². The Kier molecular flexibility index (Phi) is 4.65. The Hall–Kier alpha value is -1.00. The van der Waals surface area contributed by atoms with E-state index in [0.717, 1.165) is 5.69 Å². The average molecular weight is 212 g/mol. The molecule has 1 rings (SSSR count). The number of ether oxygens (including phenoxy) is 1. The van der Waals surface area contributed by atoms with Gasteiger partial charge in [-0.1, -0.05) is 0 Å². The van der Waals surface area contributed by atoms with Crippen molar-refractivity contribution in [3.05, 3.63) is 29.8 Å². The molecule has 0 aliphatic carbocycles. The molecule has 0 aliphatic rings. The second-order valence-corrected chi connectivity index (χ2v) is 3.65. The van der Waals surface area contributed by atoms with Crippen LogP contribution in [0.15, 0.2) is 18.3 Å². The number of halogens is 1. The Morgan fingerprint density at radius 3 is 2.73 bits per heavy atom. The number of nitrogens with zero attached hydrogens (tertiary/aromatic N) is 1. The smallest absolute Gasteiger partial charge is 0.141 e. The van der Waals surface area contributed by atoms with Gasteiger partial charge in [0, 0.05) is 19.2 Å². The lowest BCUT2D eigenvalue weighted by atomic mass is 10.2. The van der Waals surface area contributed by atoms with Crippen LogP contribution in [-0.4, -0.2) is 24.7 Å². The number of hydrogen-bond donors (Lipinski definition) is 1. The number of aromatic nitrogens is 1. The van der Waals surface area contributed by atoms with Gasteiger partial charge in [-0.2, -0.15) is 0 Å². The highest BCUT2D eigenvalue weighted by Gasteiger charge is 2.10. The summed E-state index contributed by atoms with van der Waals surface area (Å²) in [7, 11) is 1.67. The molecule has 2 unspecified atom stereocenters. The summed E-state index contributed by atoms with van der Waals surface area (Å²) in [5.74, 6) is -0.309. The van der Waals surface area contributed by atoms with Crippen LogP contribution in [0.3, 0.4) is 0 Å². The summed E-state index contributed by atoms with van der Waals surface area (Å²) in [4.78, 5) is 4.01. The number of nitrogens with one attached hydrogen (secondary N) is 1. The zero-order valence-electron chi connectivity index (χ0n) is 9.33. The molecule has 1 aromatic heterocycles. The van der Waals surface area contributed by atoms with Gasteiger partial charge in [0.25, 0.3) is 0 Å². The first kappa shape index (κ1) is 12.1. The van der Waals surface area contributed by atoms with E-state index in [1.807, 2.05) is 13.8 Å². The minimum absolute atomic E-state index is 0.0933. The molecule has 84 valence electrons. The van der Waals surface area contributed by atoms with Crippen molar-refractivity contribution < 1.29 is 9.13 Å². The van der Waals surface area contributed by atoms with Crippen LogP contribution < -0.4 is 5.32 Å². The van der Waals surface area contributed by atoms with E-state index in [0.29, 0.717) is 6.61 Å². The monoisotopic (exact) mass is 212 g/mol. The summed E-state index contributed by atoms with van der Waals surface area (Å²) in [6.07, 6.45) is 1.23. The van der Waals surface area contributed by atoms with E-state index in [1.54, 1.807) is 13.2 Å². The van der Waals surface area contributed by atoms with Crippen molar-refractivity contribution in [3.63, 3.8) is 0 Å². The van der Waals surface area contributed by atoms with Gasteiger partial charge < -0.3 is 10.1 Å². The van der Waals surface area contributed by atoms with Crippen LogP contribution in [0.25, 0.3) is 0 Å². The average Bonchev–Trinajstić information content (AvgIpc) is 2.18. The minimum atomic E-state index is -0.309. The first-order chi connectivity index (χ1) is 7.13. The van der Waals surface area contributed by atoms with Crippen molar-refractivity contribution in [2.24, 2.45) is 0 Å². The van der Waals surface area contributed by atoms with Crippen molar-refractivity contribution >= 4 is 0 Å². The van der Waals surface area contributed by atoms with Crippen LogP contribution in [0.5, 0.6) is 0 Å². The molecule has 1 aromatic rings. The highest BCUT2D eigenvalue weighted by atomic mass is 19.1. The zero-order chi connectivity index (χ0) is 11.3. The summed E-state index contributed by atoms with van der Waals surface area (Å²) in [5.41, 5.74) is 0.833. The Bertz CT molecular complexity index is 289. The predicted molar refractivity (Wildman–Crippen MR) is 57.1 cm³/mol. The summed E-state index contributed by atoms with van der Waals surface area (Å²) in [6, 6.07) is 3.45. The predicted octanol–water partition coefficient (Wildman–Crippen LogP) is 1.91. The second-order valence-electron chi connectivity index (χ2n) is 3.65. The first-order valence-corrected chi connectivity index (χ1v) is 5.00. The van der Waals surface area contributed by atoms with E-state index in [1.165, 1.54) is 12.3 Å². The van der Waals surface area contributed by atoms with Gasteiger partial charge in [-0.15, -0.1) is 0 Å². The van der Waals surface area contributed by atoms with Gasteiger partial charge in [-0.05, 0) is 26.0 Å². The molecule has 0 saturated carbocycles. The summed E-state index contributed by atoms with van der Waals surface area (Å²) >= 11 is 0. The Morgan fingerprint density at radius 1 is 1.47 bits per heavy atom. The van der Waals surface area contributed by atoms with Gasteiger partial charge in [0.05, 0.1) is 18.5 Å². The molecule has 0 saturated heterocycles. The third-order valence-corrected chi connectivity index (χ3v) is 2.15. The third kappa shape index (κ3) is 3.93. The quantitative estimate of drug-likeness (QED) is 0.809. The molecule has 0 spiro atoms. The molecule has 15 heavy (non-hydrogen) atoms. The molecule has 0 radical (unpaired) electrons. The maximum absolute atomic E-state index is 12.6. The zero-order valence-corrected chi connectivity index (χ0v) is 9.33. The van der Waals surface area contributed by atoms with Gasteiger partial charge in [-0.3, -0.25) is 4.98 Å². The Balaban J connectivity index is 2.53. The molecular formula is C11H17FN2O. The number of methoxy groups -OCH3 is 1. The lowest BCUT2D eigenvalue weighted by Crippen LogP contribution is -2.32. The topological polar surface area (TPSA) is 34.1 Å². The van der Waals surface area contributed by atoms with Crippen LogP contribution in [0.4, 0.5) is 4.39 Å². The molecule has 1 N–H and O–H groups in total. The largest absolute Gasteiger partial charge is 0.383 e. The van der Waals surface area contributed by atoms with Crippen molar-refractivity contribution in [1.29, 1.82) is 0 Å². The normalized spacial score (nSPS) is 14.9. The van der Waals surface area contributed by atoms with Gasteiger partial charge in [-0.25, -0.2) is 4.39 Å². The van der Waals surface area contributed by atoms with Gasteiger partial charge in [0.15, 0.2) is 0 Å². The molecule has 1 heterocycles. The second kappa shape index (κ2) is 5.78. The van der Waals surface area contributed by atoms with E-state index < -0.39 is 0 Å². The fraction of sp³-hybridized carbons (Fsp3) is 0.545. The van der Waals surface area contributed by atoms with Crippen LogP contribution in [0.2, 0.25) is 0 Å². The van der Waals surface area contributed by atoms with Crippen molar-refractivity contribution in [2.75, 3.05) is 13.7 Å². The highest BCUT2D eigenvalue weighted by molar-refractivity contribution is 5.09. The lowest BCUT2D eigenvalue weighted by Gasteiger charge is -2.18. The van der Waals surface area contributed by atoms with E-state index in [-0.39, 0.29) is 17.9 Å². The molecule has 0 aromatic carbocycles. The summed E-state index contributed by atoms with van der Waals surface area (Å²) in [6.45, 7) is 4.67. The highest BCUT2D eigenvalue weighted by Crippen LogP contribution is 2.10. The SMILES string of the molecule is COCC(C)NC(C)c1ccc(F)cn1. The molecule has 3 nitrogen and oxygen atoms in total. The van der Waals surface area contributed by atoms with Crippen LogP contribution in [0, 0.1) is 5.82 Å². The summed E-state index contributed by atoms with van der Waals surface area (Å²) < 4.78 is 17.6. The van der Waals surface area contributed by atoms with Crippen molar-refractivity contribution in [1.82, 2.24) is 10.3 Å². The molecular weight excluding hydrogens is 195 g/mol. The Labute approximate surface area is 89.7 Å². The minimum Gasteiger partial charge on any atom is -0.383 e. The molecule has 0 aliphatic heterocycles. The van der Waals surface area contributed by atoms with Gasteiger partial charge >= 0.3 is 0 Å². The molecule has 0 bridgehead atoms. The van der Waals surface area contributed by atoms with Gasteiger partial charge in [0.1, 0.15) is 5.82 Å². The van der Waals surface area contributed by atoms with E-state index in [2.05, 4.69) is 10.3 Å². The molecule has 0 fully saturated rings. The Morgan fingerprint density at radius 2 is 2.20 bits per heavy atom. The standard InChI is InChI=1S/C11H17FN2O/c1-8(7-15-3)14-9(2)11-5-4-10(12)6-13-11/h4-6,8-9,14H,7H2,1-3H3. The van der Waals surface area contributed by atoms with Crippen molar-refractivity contribution in [3.8, 4) is 0 Å². The maximum Gasteiger partial charge on any atom is 0.141 e. The van der Waals surface area contributed by atoms with Crippen LogP contribution >= 0.6 is 0 Å². The van der Waals surface area contributed by atoms with Crippen LogP contribution in [0.1, 0.15) is 25.6 Å². The van der Waals surface area contributed by atoms with E-state index in [9.17, 15) is 4.39 Å². The molecule has 0 amide bonds. The van der Waals surface area contributed by atoms with Crippen molar-refractivity contribution in [2.45, 2.75) is 25.9 Å². The summed E-state index contributed by atoms with van der Waals surface area (Å²) in [5, 5.41) is 3.31. The number of hydrogen-bond acceptors (Lipinski definition) is 3. The van der Waals surface area contributed by atoms with Crippen LogP contribution in [-0.2, 0) is 4.74 Å². The molecule has 2 atom stereocenters. The lowest BCUT2D eigenvalue weighted by molar-refractivity contribution is 0.167. The molecule has 4 heteroatoms. The fourth-order valence-corrected chi connectivity index (χ4v) is 1.45. The fourth-order valence-electron chi connectivity index (χ4n) is 1.45. The number of pyridine rings is 1. The third-order valence-electron chi connectivity index (χ3n) is 2.15. The number of rotatable bonds is 5. The van der Waals surface area contributed by atoms with Gasteiger partial charge in [0.2, 0.25) is 0 Å². The van der Waals surface area contributed by atoms with E-state index >= 15 is 0 Å². The maximum atomic E-state index is 12.6.